The number of rotatable bonds is 3. The minimum atomic E-state index is -0.473. The molecule has 0 saturated carbocycles. The fourth-order valence-electron chi connectivity index (χ4n) is 1.87. The highest BCUT2D eigenvalue weighted by molar-refractivity contribution is 7.13. The van der Waals surface area contributed by atoms with Gasteiger partial charge in [-0.1, -0.05) is 30.0 Å². The number of carbonyl (C=O) groups excluding carboxylic acids is 1. The molecule has 2 heterocycles. The first-order valence-corrected chi connectivity index (χ1v) is 7.76. The number of hydrogen-bond acceptors (Lipinski definition) is 5. The lowest BCUT2D eigenvalue weighted by Gasteiger charge is -1.96. The summed E-state index contributed by atoms with van der Waals surface area (Å²) in [6, 6.07) is 9.54. The molecule has 0 aliphatic rings. The number of esters is 1. The lowest BCUT2D eigenvalue weighted by molar-refractivity contribution is 0.0551. The van der Waals surface area contributed by atoms with Crippen LogP contribution in [0.15, 0.2) is 48.1 Å². The maximum Gasteiger partial charge on any atom is 0.358 e. The Labute approximate surface area is 137 Å². The predicted octanol–water partition coefficient (Wildman–Crippen LogP) is 2.75. The highest BCUT2D eigenvalue weighted by Gasteiger charge is 2.13. The van der Waals surface area contributed by atoms with Crippen LogP contribution < -0.4 is 0 Å². The average Bonchev–Trinajstić information content (AvgIpc) is 3.21. The lowest BCUT2D eigenvalue weighted by Crippen LogP contribution is -2.05. The second-order valence-corrected chi connectivity index (χ2v) is 5.54. The summed E-state index contributed by atoms with van der Waals surface area (Å²) in [5.41, 5.74) is 2.05. The minimum absolute atomic E-state index is 0.0352. The molecule has 3 rings (SSSR count). The van der Waals surface area contributed by atoms with E-state index in [1.165, 1.54) is 11.3 Å². The van der Waals surface area contributed by atoms with Crippen LogP contribution in [0.3, 0.4) is 0 Å². The van der Waals surface area contributed by atoms with Gasteiger partial charge in [0, 0.05) is 29.8 Å². The largest absolute Gasteiger partial charge is 0.448 e. The Kier molecular flexibility index (Phi) is 4.50. The Balaban J connectivity index is 1.59. The first-order valence-electron chi connectivity index (χ1n) is 6.88. The Morgan fingerprint density at radius 3 is 2.91 bits per heavy atom. The molecular weight excluding hydrogens is 310 g/mol. The van der Waals surface area contributed by atoms with Crippen LogP contribution in [0.25, 0.3) is 10.6 Å². The Morgan fingerprint density at radius 2 is 2.17 bits per heavy atom. The van der Waals surface area contributed by atoms with Gasteiger partial charge in [0.15, 0.2) is 12.3 Å². The highest BCUT2D eigenvalue weighted by Crippen LogP contribution is 2.23. The van der Waals surface area contributed by atoms with E-state index in [1.54, 1.807) is 16.3 Å². The molecule has 0 fully saturated rings. The lowest BCUT2D eigenvalue weighted by atomic mass is 10.2. The summed E-state index contributed by atoms with van der Waals surface area (Å²) in [5.74, 6) is 5.27. The monoisotopic (exact) mass is 323 g/mol. The van der Waals surface area contributed by atoms with Crippen molar-refractivity contribution in [3.8, 4) is 22.4 Å². The first kappa shape index (κ1) is 15.0. The van der Waals surface area contributed by atoms with Gasteiger partial charge < -0.3 is 4.74 Å². The van der Waals surface area contributed by atoms with Gasteiger partial charge in [-0.05, 0) is 12.1 Å². The molecule has 0 aliphatic heterocycles. The van der Waals surface area contributed by atoms with Crippen LogP contribution in [0.4, 0.5) is 0 Å². The van der Waals surface area contributed by atoms with Crippen molar-refractivity contribution >= 4 is 17.3 Å². The molecule has 23 heavy (non-hydrogen) atoms. The molecule has 0 saturated heterocycles. The Morgan fingerprint density at radius 1 is 1.35 bits per heavy atom. The Hall–Kier alpha value is -2.91. The van der Waals surface area contributed by atoms with Gasteiger partial charge >= 0.3 is 5.97 Å². The normalized spacial score (nSPS) is 9.96. The van der Waals surface area contributed by atoms with Crippen molar-refractivity contribution in [3.63, 3.8) is 0 Å². The third-order valence-corrected chi connectivity index (χ3v) is 3.84. The summed E-state index contributed by atoms with van der Waals surface area (Å²) in [7, 11) is 1.83. The van der Waals surface area contributed by atoms with Crippen molar-refractivity contribution in [2.75, 3.05) is 6.61 Å². The zero-order valence-corrected chi connectivity index (χ0v) is 13.2. The molecular formula is C17H13N3O2S. The van der Waals surface area contributed by atoms with E-state index in [1.807, 2.05) is 43.6 Å². The van der Waals surface area contributed by atoms with Crippen molar-refractivity contribution in [2.45, 2.75) is 0 Å². The first-order chi connectivity index (χ1) is 11.2. The molecule has 0 amide bonds. The van der Waals surface area contributed by atoms with Gasteiger partial charge in [-0.15, -0.1) is 11.3 Å². The van der Waals surface area contributed by atoms with Crippen molar-refractivity contribution in [1.82, 2.24) is 14.8 Å². The number of ether oxygens (including phenoxy) is 1. The molecule has 0 spiro atoms. The minimum Gasteiger partial charge on any atom is -0.448 e. The third kappa shape index (κ3) is 3.84. The van der Waals surface area contributed by atoms with Crippen LogP contribution in [0.1, 0.15) is 16.1 Å². The number of benzene rings is 1. The number of aryl methyl sites for hydroxylation is 1. The fourth-order valence-corrected chi connectivity index (χ4v) is 2.63. The van der Waals surface area contributed by atoms with E-state index < -0.39 is 5.97 Å². The summed E-state index contributed by atoms with van der Waals surface area (Å²) in [4.78, 5) is 16.2. The number of thiazole rings is 1. The number of hydrogen-bond donors (Lipinski definition) is 0. The van der Waals surface area contributed by atoms with E-state index in [9.17, 15) is 4.79 Å². The molecule has 0 N–H and O–H groups in total. The smallest absolute Gasteiger partial charge is 0.358 e. The summed E-state index contributed by atoms with van der Waals surface area (Å²) < 4.78 is 6.80. The van der Waals surface area contributed by atoms with Gasteiger partial charge in [0.1, 0.15) is 5.01 Å². The van der Waals surface area contributed by atoms with E-state index >= 15 is 0 Å². The predicted molar refractivity (Wildman–Crippen MR) is 87.9 cm³/mol. The van der Waals surface area contributed by atoms with E-state index in [0.717, 1.165) is 16.1 Å². The van der Waals surface area contributed by atoms with Gasteiger partial charge in [-0.3, -0.25) is 4.68 Å². The summed E-state index contributed by atoms with van der Waals surface area (Å²) in [6.45, 7) is 0.0352. The van der Waals surface area contributed by atoms with Crippen LogP contribution in [-0.2, 0) is 11.8 Å². The molecule has 0 radical (unpaired) electrons. The zero-order chi connectivity index (χ0) is 16.1. The van der Waals surface area contributed by atoms with Gasteiger partial charge in [-0.25, -0.2) is 9.78 Å². The van der Waals surface area contributed by atoms with Gasteiger partial charge in [0.25, 0.3) is 0 Å². The van der Waals surface area contributed by atoms with E-state index in [-0.39, 0.29) is 12.3 Å². The fraction of sp³-hybridized carbons (Fsp3) is 0.118. The van der Waals surface area contributed by atoms with Crippen molar-refractivity contribution in [2.24, 2.45) is 7.05 Å². The summed E-state index contributed by atoms with van der Waals surface area (Å²) in [5, 5.41) is 6.50. The average molecular weight is 323 g/mol. The van der Waals surface area contributed by atoms with Gasteiger partial charge in [0.05, 0.1) is 6.20 Å². The standard InChI is InChI=1S/C17H13N3O2S/c1-20-11-14(10-18-20)16-19-15(12-23-16)17(21)22-9-5-8-13-6-3-2-4-7-13/h2-4,6-7,10-12H,9H2,1H3. The molecule has 1 aromatic carbocycles. The molecule has 0 unspecified atom stereocenters. The quantitative estimate of drug-likeness (QED) is 0.549. The SMILES string of the molecule is Cn1cc(-c2nc(C(=O)OCC#Cc3ccccc3)cs2)cn1. The summed E-state index contributed by atoms with van der Waals surface area (Å²) >= 11 is 1.38. The van der Waals surface area contributed by atoms with Crippen LogP contribution in [0, 0.1) is 11.8 Å². The number of carbonyl (C=O) groups is 1. The molecule has 0 bridgehead atoms. The maximum absolute atomic E-state index is 11.9. The Bertz CT molecular complexity index is 872. The molecule has 6 heteroatoms. The van der Waals surface area contributed by atoms with Crippen LogP contribution in [0.2, 0.25) is 0 Å². The topological polar surface area (TPSA) is 57.0 Å². The molecule has 3 aromatic rings. The van der Waals surface area contributed by atoms with Crippen molar-refractivity contribution in [1.29, 1.82) is 0 Å². The van der Waals surface area contributed by atoms with Gasteiger partial charge in [0.2, 0.25) is 0 Å². The maximum atomic E-state index is 11.9. The highest BCUT2D eigenvalue weighted by atomic mass is 32.1. The van der Waals surface area contributed by atoms with E-state index in [0.29, 0.717) is 0 Å². The van der Waals surface area contributed by atoms with Crippen LogP contribution in [0.5, 0.6) is 0 Å². The van der Waals surface area contributed by atoms with Gasteiger partial charge in [-0.2, -0.15) is 5.10 Å². The van der Waals surface area contributed by atoms with E-state index in [4.69, 9.17) is 4.74 Å². The number of nitrogens with zero attached hydrogens (tertiary/aromatic N) is 3. The van der Waals surface area contributed by atoms with Crippen molar-refractivity contribution in [3.05, 3.63) is 59.4 Å². The second-order valence-electron chi connectivity index (χ2n) is 4.68. The molecule has 0 atom stereocenters. The van der Waals surface area contributed by atoms with Crippen molar-refractivity contribution < 1.29 is 9.53 Å². The van der Waals surface area contributed by atoms with Crippen LogP contribution >= 0.6 is 11.3 Å². The molecule has 5 nitrogen and oxygen atoms in total. The molecule has 2 aromatic heterocycles. The molecule has 114 valence electrons. The number of aromatic nitrogens is 3. The summed E-state index contributed by atoms with van der Waals surface area (Å²) in [6.07, 6.45) is 3.55. The second kappa shape index (κ2) is 6.90. The van der Waals surface area contributed by atoms with E-state index in [2.05, 4.69) is 21.9 Å². The molecule has 0 aliphatic carbocycles. The van der Waals surface area contributed by atoms with Crippen LogP contribution in [-0.4, -0.2) is 27.3 Å². The zero-order valence-electron chi connectivity index (χ0n) is 12.4. The third-order valence-electron chi connectivity index (χ3n) is 2.95.